The van der Waals surface area contributed by atoms with Crippen LogP contribution in [0.1, 0.15) is 11.1 Å². The molecule has 0 aliphatic heterocycles. The molecule has 0 aliphatic carbocycles. The average molecular weight is 365 g/mol. The van der Waals surface area contributed by atoms with E-state index in [0.717, 1.165) is 17.7 Å². The van der Waals surface area contributed by atoms with Gasteiger partial charge in [-0.05, 0) is 47.2 Å². The van der Waals surface area contributed by atoms with Gasteiger partial charge in [-0.2, -0.15) is 5.26 Å². The van der Waals surface area contributed by atoms with Crippen molar-refractivity contribution in [2.45, 2.75) is 4.90 Å². The Morgan fingerprint density at radius 2 is 1.42 bits per heavy atom. The molecule has 0 aromatic heterocycles. The summed E-state index contributed by atoms with van der Waals surface area (Å²) in [5, 5.41) is 10.3. The van der Waals surface area contributed by atoms with Crippen molar-refractivity contribution < 1.29 is 13.2 Å². The second-order valence-electron chi connectivity index (χ2n) is 5.27. The SMILES string of the molecule is N#CSc1cc(F)c(C#Cc2ccc(-c3ccccc3)cc2F)c(F)c1. The van der Waals surface area contributed by atoms with Gasteiger partial charge in [0.2, 0.25) is 0 Å². The lowest BCUT2D eigenvalue weighted by molar-refractivity contribution is 0.571. The van der Waals surface area contributed by atoms with Crippen LogP contribution in [0, 0.1) is 40.0 Å². The Morgan fingerprint density at radius 1 is 0.731 bits per heavy atom. The van der Waals surface area contributed by atoms with Crippen molar-refractivity contribution in [1.29, 1.82) is 5.26 Å². The summed E-state index contributed by atoms with van der Waals surface area (Å²) in [6.45, 7) is 0. The van der Waals surface area contributed by atoms with Crippen LogP contribution in [-0.2, 0) is 0 Å². The largest absolute Gasteiger partial charge is 0.206 e. The summed E-state index contributed by atoms with van der Waals surface area (Å²) < 4.78 is 42.2. The van der Waals surface area contributed by atoms with E-state index in [0.29, 0.717) is 17.3 Å². The summed E-state index contributed by atoms with van der Waals surface area (Å²) in [5.41, 5.74) is 1.12. The van der Waals surface area contributed by atoms with E-state index in [1.807, 2.05) is 30.3 Å². The highest BCUT2D eigenvalue weighted by molar-refractivity contribution is 8.03. The average Bonchev–Trinajstić information content (AvgIpc) is 2.63. The number of nitriles is 1. The van der Waals surface area contributed by atoms with Crippen LogP contribution in [0.3, 0.4) is 0 Å². The molecule has 0 fully saturated rings. The van der Waals surface area contributed by atoms with Crippen molar-refractivity contribution in [2.75, 3.05) is 0 Å². The Morgan fingerprint density at radius 3 is 2.04 bits per heavy atom. The van der Waals surface area contributed by atoms with Crippen LogP contribution in [0.4, 0.5) is 13.2 Å². The first-order valence-electron chi connectivity index (χ1n) is 7.50. The third kappa shape index (κ3) is 3.91. The number of nitrogens with zero attached hydrogens (tertiary/aromatic N) is 1. The van der Waals surface area contributed by atoms with Crippen LogP contribution < -0.4 is 0 Å². The smallest absolute Gasteiger partial charge is 0.142 e. The van der Waals surface area contributed by atoms with E-state index in [1.54, 1.807) is 11.5 Å². The second kappa shape index (κ2) is 7.82. The summed E-state index contributed by atoms with van der Waals surface area (Å²) in [7, 11) is 0. The van der Waals surface area contributed by atoms with Crippen LogP contribution in [0.25, 0.3) is 11.1 Å². The van der Waals surface area contributed by atoms with Crippen LogP contribution in [0.5, 0.6) is 0 Å². The second-order valence-corrected chi connectivity index (χ2v) is 6.12. The van der Waals surface area contributed by atoms with Gasteiger partial charge in [-0.1, -0.05) is 48.2 Å². The molecule has 0 spiro atoms. The molecule has 26 heavy (non-hydrogen) atoms. The molecule has 0 saturated heterocycles. The number of benzene rings is 3. The molecule has 0 N–H and O–H groups in total. The van der Waals surface area contributed by atoms with Gasteiger partial charge in [0.25, 0.3) is 0 Å². The lowest BCUT2D eigenvalue weighted by atomic mass is 10.0. The maximum absolute atomic E-state index is 14.3. The molecule has 126 valence electrons. The van der Waals surface area contributed by atoms with Gasteiger partial charge in [0.05, 0.1) is 11.1 Å². The van der Waals surface area contributed by atoms with E-state index in [2.05, 4.69) is 11.8 Å². The van der Waals surface area contributed by atoms with Crippen LogP contribution in [-0.4, -0.2) is 0 Å². The van der Waals surface area contributed by atoms with Crippen molar-refractivity contribution >= 4 is 11.8 Å². The lowest BCUT2D eigenvalue weighted by Gasteiger charge is -2.03. The molecule has 3 aromatic carbocycles. The van der Waals surface area contributed by atoms with E-state index in [4.69, 9.17) is 5.26 Å². The first-order chi connectivity index (χ1) is 12.6. The third-order valence-corrected chi connectivity index (χ3v) is 4.14. The van der Waals surface area contributed by atoms with Gasteiger partial charge in [-0.25, -0.2) is 13.2 Å². The van der Waals surface area contributed by atoms with Crippen LogP contribution >= 0.6 is 11.8 Å². The fourth-order valence-corrected chi connectivity index (χ4v) is 2.77. The van der Waals surface area contributed by atoms with Gasteiger partial charge in [-0.3, -0.25) is 0 Å². The number of thiocyanates is 1. The molecule has 0 aliphatic rings. The van der Waals surface area contributed by atoms with Gasteiger partial charge in [-0.15, -0.1) is 0 Å². The van der Waals surface area contributed by atoms with Crippen molar-refractivity contribution in [1.82, 2.24) is 0 Å². The van der Waals surface area contributed by atoms with Gasteiger partial charge in [0.15, 0.2) is 0 Å². The lowest BCUT2D eigenvalue weighted by Crippen LogP contribution is -1.92. The van der Waals surface area contributed by atoms with Crippen molar-refractivity contribution in [3.8, 4) is 28.4 Å². The van der Waals surface area contributed by atoms with Gasteiger partial charge < -0.3 is 0 Å². The van der Waals surface area contributed by atoms with E-state index in [-0.39, 0.29) is 10.5 Å². The molecule has 0 bridgehead atoms. The zero-order valence-corrected chi connectivity index (χ0v) is 14.1. The van der Waals surface area contributed by atoms with Gasteiger partial charge >= 0.3 is 0 Å². The predicted molar refractivity (Wildman–Crippen MR) is 95.6 cm³/mol. The van der Waals surface area contributed by atoms with Gasteiger partial charge in [0.1, 0.15) is 22.9 Å². The summed E-state index contributed by atoms with van der Waals surface area (Å²) >= 11 is 0.646. The van der Waals surface area contributed by atoms with Crippen molar-refractivity contribution in [3.05, 3.63) is 89.2 Å². The molecule has 3 aromatic rings. The summed E-state index contributed by atoms with van der Waals surface area (Å²) in [6, 6.07) is 15.8. The quantitative estimate of drug-likeness (QED) is 0.328. The molecule has 1 nitrogen and oxygen atoms in total. The molecule has 0 saturated carbocycles. The molecule has 3 rings (SSSR count). The van der Waals surface area contributed by atoms with E-state index in [1.165, 1.54) is 12.1 Å². The monoisotopic (exact) mass is 365 g/mol. The molecule has 0 amide bonds. The topological polar surface area (TPSA) is 23.8 Å². The molecular formula is C21H10F3NS. The minimum absolute atomic E-state index is 0.0407. The number of halogens is 3. The predicted octanol–water partition coefficient (Wildman–Crippen LogP) is 5.74. The minimum atomic E-state index is -0.892. The minimum Gasteiger partial charge on any atom is -0.206 e. The maximum atomic E-state index is 14.3. The number of thioether (sulfide) groups is 1. The normalized spacial score (nSPS) is 9.92. The molecule has 5 heteroatoms. The number of rotatable bonds is 2. The maximum Gasteiger partial charge on any atom is 0.142 e. The Bertz CT molecular complexity index is 1040. The third-order valence-electron chi connectivity index (χ3n) is 3.58. The fraction of sp³-hybridized carbons (Fsp3) is 0. The summed E-state index contributed by atoms with van der Waals surface area (Å²) in [4.78, 5) is 0.145. The Hall–Kier alpha value is -3.15. The van der Waals surface area contributed by atoms with E-state index in [9.17, 15) is 13.2 Å². The summed E-state index contributed by atoms with van der Waals surface area (Å²) in [5.74, 6) is 2.44. The van der Waals surface area contributed by atoms with Crippen molar-refractivity contribution in [2.24, 2.45) is 0 Å². The highest BCUT2D eigenvalue weighted by Crippen LogP contribution is 2.23. The van der Waals surface area contributed by atoms with Gasteiger partial charge in [0, 0.05) is 4.90 Å². The Balaban J connectivity index is 1.93. The highest BCUT2D eigenvalue weighted by atomic mass is 32.2. The first-order valence-corrected chi connectivity index (χ1v) is 8.32. The van der Waals surface area contributed by atoms with E-state index >= 15 is 0 Å². The fourth-order valence-electron chi connectivity index (χ4n) is 2.34. The number of hydrogen-bond acceptors (Lipinski definition) is 2. The van der Waals surface area contributed by atoms with Crippen molar-refractivity contribution in [3.63, 3.8) is 0 Å². The standard InChI is InChI=1S/C21H10F3NS/c22-19-10-16(14-4-2-1-3-5-14)7-6-15(19)8-9-18-20(23)11-17(26-13-25)12-21(18)24/h1-7,10-12H. The zero-order chi connectivity index (χ0) is 18.5. The Labute approximate surface area is 153 Å². The molecule has 0 heterocycles. The first kappa shape index (κ1) is 17.7. The van der Waals surface area contributed by atoms with Crippen LogP contribution in [0.2, 0.25) is 0 Å². The van der Waals surface area contributed by atoms with E-state index < -0.39 is 23.0 Å². The Kier molecular flexibility index (Phi) is 5.31. The molecular weight excluding hydrogens is 355 g/mol. The summed E-state index contributed by atoms with van der Waals surface area (Å²) in [6.07, 6.45) is 0. The highest BCUT2D eigenvalue weighted by Gasteiger charge is 2.10. The molecule has 0 radical (unpaired) electrons. The van der Waals surface area contributed by atoms with Crippen LogP contribution in [0.15, 0.2) is 65.6 Å². The number of hydrogen-bond donors (Lipinski definition) is 0. The molecule has 0 atom stereocenters. The molecule has 0 unspecified atom stereocenters. The zero-order valence-electron chi connectivity index (χ0n) is 13.3.